The zero-order valence-corrected chi connectivity index (χ0v) is 18.6. The summed E-state index contributed by atoms with van der Waals surface area (Å²) >= 11 is 1.57. The third-order valence-corrected chi connectivity index (χ3v) is 6.29. The molecule has 2 aromatic heterocycles. The van der Waals surface area contributed by atoms with Crippen LogP contribution in [-0.2, 0) is 11.3 Å². The standard InChI is InChI=1S/C23H25FN4O2S/c1-14-8-9-17(10-25-14)21-20(11-26-22(29)18-6-4-5-7-19(18)24)27-23(31-21)28-12-15(2)30-16(3)13-28/h4-10,15-16H,11-13H2,1-3H3,(H,26,29)/t15-,16+. The lowest BCUT2D eigenvalue weighted by Crippen LogP contribution is -2.45. The van der Waals surface area contributed by atoms with Crippen LogP contribution in [0.25, 0.3) is 10.4 Å². The van der Waals surface area contributed by atoms with Gasteiger partial charge in [0.25, 0.3) is 5.91 Å². The number of aromatic nitrogens is 2. The zero-order valence-electron chi connectivity index (χ0n) is 17.8. The number of nitrogens with one attached hydrogen (secondary N) is 1. The molecule has 0 saturated carbocycles. The summed E-state index contributed by atoms with van der Waals surface area (Å²) in [5, 5.41) is 3.70. The van der Waals surface area contributed by atoms with Crippen LogP contribution in [0.5, 0.6) is 0 Å². The lowest BCUT2D eigenvalue weighted by atomic mass is 10.1. The molecule has 1 saturated heterocycles. The Morgan fingerprint density at radius 2 is 1.97 bits per heavy atom. The van der Waals surface area contributed by atoms with E-state index in [1.807, 2.05) is 25.3 Å². The first-order valence-corrected chi connectivity index (χ1v) is 11.1. The zero-order chi connectivity index (χ0) is 22.0. The molecule has 162 valence electrons. The molecular weight excluding hydrogens is 415 g/mol. The third-order valence-electron chi connectivity index (χ3n) is 5.08. The van der Waals surface area contributed by atoms with E-state index in [1.54, 1.807) is 23.5 Å². The first kappa shape index (κ1) is 21.4. The number of rotatable bonds is 5. The number of aryl methyl sites for hydroxylation is 1. The molecule has 1 aliphatic rings. The number of pyridine rings is 1. The van der Waals surface area contributed by atoms with E-state index < -0.39 is 11.7 Å². The summed E-state index contributed by atoms with van der Waals surface area (Å²) in [6.07, 6.45) is 2.04. The molecule has 1 aliphatic heterocycles. The SMILES string of the molecule is Cc1ccc(-c2sc(N3C[C@@H](C)O[C@@H](C)C3)nc2CNC(=O)c2ccccc2F)cn1. The third kappa shape index (κ3) is 4.91. The van der Waals surface area contributed by atoms with E-state index >= 15 is 0 Å². The maximum absolute atomic E-state index is 14.0. The highest BCUT2D eigenvalue weighted by Crippen LogP contribution is 2.36. The molecule has 0 aliphatic carbocycles. The number of halogens is 1. The molecule has 4 rings (SSSR count). The number of nitrogens with zero attached hydrogens (tertiary/aromatic N) is 3. The van der Waals surface area contributed by atoms with E-state index in [0.29, 0.717) is 0 Å². The average molecular weight is 441 g/mol. The van der Waals surface area contributed by atoms with Gasteiger partial charge in [0.1, 0.15) is 5.82 Å². The normalized spacial score (nSPS) is 18.8. The van der Waals surface area contributed by atoms with Crippen molar-refractivity contribution in [3.8, 4) is 10.4 Å². The van der Waals surface area contributed by atoms with Crippen molar-refractivity contribution < 1.29 is 13.9 Å². The molecule has 0 radical (unpaired) electrons. The van der Waals surface area contributed by atoms with Crippen molar-refractivity contribution in [3.63, 3.8) is 0 Å². The first-order valence-electron chi connectivity index (χ1n) is 10.3. The van der Waals surface area contributed by atoms with Gasteiger partial charge in [-0.25, -0.2) is 9.37 Å². The van der Waals surface area contributed by atoms with Crippen LogP contribution in [0.3, 0.4) is 0 Å². The number of amides is 1. The van der Waals surface area contributed by atoms with E-state index in [0.717, 1.165) is 40.0 Å². The molecule has 1 N–H and O–H groups in total. The Kier molecular flexibility index (Phi) is 6.29. The first-order chi connectivity index (χ1) is 14.9. The number of morpholine rings is 1. The quantitative estimate of drug-likeness (QED) is 0.644. The van der Waals surface area contributed by atoms with E-state index in [4.69, 9.17) is 9.72 Å². The Morgan fingerprint density at radius 3 is 2.65 bits per heavy atom. The van der Waals surface area contributed by atoms with Crippen LogP contribution >= 0.6 is 11.3 Å². The van der Waals surface area contributed by atoms with Gasteiger partial charge in [-0.2, -0.15) is 0 Å². The molecule has 6 nitrogen and oxygen atoms in total. The minimum Gasteiger partial charge on any atom is -0.372 e. The van der Waals surface area contributed by atoms with Gasteiger partial charge >= 0.3 is 0 Å². The second-order valence-electron chi connectivity index (χ2n) is 7.79. The summed E-state index contributed by atoms with van der Waals surface area (Å²) in [7, 11) is 0. The van der Waals surface area contributed by atoms with Crippen LogP contribution in [0.15, 0.2) is 42.6 Å². The largest absolute Gasteiger partial charge is 0.372 e. The van der Waals surface area contributed by atoms with Gasteiger partial charge in [-0.15, -0.1) is 0 Å². The van der Waals surface area contributed by atoms with Crippen molar-refractivity contribution in [2.45, 2.75) is 39.5 Å². The summed E-state index contributed by atoms with van der Waals surface area (Å²) in [5.41, 5.74) is 2.63. The fraction of sp³-hybridized carbons (Fsp3) is 0.348. The van der Waals surface area contributed by atoms with Crippen LogP contribution in [0.2, 0.25) is 0 Å². The van der Waals surface area contributed by atoms with Crippen molar-refractivity contribution in [1.82, 2.24) is 15.3 Å². The highest BCUT2D eigenvalue weighted by Gasteiger charge is 2.26. The van der Waals surface area contributed by atoms with Crippen molar-refractivity contribution in [3.05, 3.63) is 65.4 Å². The molecule has 0 unspecified atom stereocenters. The second kappa shape index (κ2) is 9.11. The number of benzene rings is 1. The van der Waals surface area contributed by atoms with Crippen LogP contribution in [-0.4, -0.2) is 41.2 Å². The minimum atomic E-state index is -0.543. The number of carbonyl (C=O) groups is 1. The van der Waals surface area contributed by atoms with Crippen LogP contribution in [0, 0.1) is 12.7 Å². The van der Waals surface area contributed by atoms with Gasteiger partial charge in [0, 0.05) is 30.5 Å². The van der Waals surface area contributed by atoms with Crippen LogP contribution in [0.4, 0.5) is 9.52 Å². The number of anilines is 1. The summed E-state index contributed by atoms with van der Waals surface area (Å²) in [6.45, 7) is 7.75. The number of carbonyl (C=O) groups excluding carboxylic acids is 1. The summed E-state index contributed by atoms with van der Waals surface area (Å²) < 4.78 is 19.8. The fourth-order valence-corrected chi connectivity index (χ4v) is 4.75. The molecule has 1 aromatic carbocycles. The van der Waals surface area contributed by atoms with E-state index in [1.165, 1.54) is 12.1 Å². The number of hydrogen-bond acceptors (Lipinski definition) is 6. The molecular formula is C23H25FN4O2S. The maximum Gasteiger partial charge on any atom is 0.254 e. The van der Waals surface area contributed by atoms with Crippen molar-refractivity contribution in [1.29, 1.82) is 0 Å². The molecule has 8 heteroatoms. The molecule has 0 bridgehead atoms. The smallest absolute Gasteiger partial charge is 0.254 e. The second-order valence-corrected chi connectivity index (χ2v) is 8.76. The summed E-state index contributed by atoms with van der Waals surface area (Å²) in [5.74, 6) is -1.01. The number of hydrogen-bond donors (Lipinski definition) is 1. The highest BCUT2D eigenvalue weighted by molar-refractivity contribution is 7.19. The minimum absolute atomic E-state index is 0.0207. The van der Waals surface area contributed by atoms with E-state index in [2.05, 4.69) is 29.0 Å². The van der Waals surface area contributed by atoms with Crippen LogP contribution < -0.4 is 10.2 Å². The molecule has 2 atom stereocenters. The van der Waals surface area contributed by atoms with Crippen molar-refractivity contribution in [2.24, 2.45) is 0 Å². The fourth-order valence-electron chi connectivity index (χ4n) is 3.66. The molecule has 1 amide bonds. The lowest BCUT2D eigenvalue weighted by Gasteiger charge is -2.35. The van der Waals surface area contributed by atoms with Gasteiger partial charge in [0.05, 0.1) is 34.9 Å². The summed E-state index contributed by atoms with van der Waals surface area (Å²) in [6, 6.07) is 9.91. The monoisotopic (exact) mass is 440 g/mol. The average Bonchev–Trinajstić information content (AvgIpc) is 3.16. The molecule has 3 aromatic rings. The van der Waals surface area contributed by atoms with E-state index in [-0.39, 0.29) is 24.3 Å². The van der Waals surface area contributed by atoms with Crippen molar-refractivity contribution in [2.75, 3.05) is 18.0 Å². The maximum atomic E-state index is 14.0. The molecule has 1 fully saturated rings. The Morgan fingerprint density at radius 1 is 1.23 bits per heavy atom. The van der Waals surface area contributed by atoms with Gasteiger partial charge in [0.2, 0.25) is 0 Å². The van der Waals surface area contributed by atoms with Gasteiger partial charge in [0.15, 0.2) is 5.13 Å². The van der Waals surface area contributed by atoms with Crippen molar-refractivity contribution >= 4 is 22.4 Å². The molecule has 31 heavy (non-hydrogen) atoms. The highest BCUT2D eigenvalue weighted by atomic mass is 32.1. The van der Waals surface area contributed by atoms with Gasteiger partial charge < -0.3 is 15.0 Å². The predicted octanol–water partition coefficient (Wildman–Crippen LogP) is 4.20. The van der Waals surface area contributed by atoms with Gasteiger partial charge in [-0.05, 0) is 39.0 Å². The van der Waals surface area contributed by atoms with Gasteiger partial charge in [-0.1, -0.05) is 29.5 Å². The molecule has 3 heterocycles. The predicted molar refractivity (Wildman–Crippen MR) is 120 cm³/mol. The Balaban J connectivity index is 1.61. The lowest BCUT2D eigenvalue weighted by molar-refractivity contribution is -0.00523. The number of thiazole rings is 1. The Bertz CT molecular complexity index is 1060. The van der Waals surface area contributed by atoms with Gasteiger partial charge in [-0.3, -0.25) is 9.78 Å². The summed E-state index contributed by atoms with van der Waals surface area (Å²) in [4.78, 5) is 24.9. The van der Waals surface area contributed by atoms with Crippen LogP contribution in [0.1, 0.15) is 35.6 Å². The van der Waals surface area contributed by atoms with E-state index in [9.17, 15) is 9.18 Å². The molecule has 0 spiro atoms. The Labute approximate surface area is 185 Å². The number of ether oxygens (including phenoxy) is 1. The Hall–Kier alpha value is -2.84. The topological polar surface area (TPSA) is 67.3 Å².